The van der Waals surface area contributed by atoms with Gasteiger partial charge in [-0.1, -0.05) is 6.92 Å². The third-order valence-corrected chi connectivity index (χ3v) is 1.08. The van der Waals surface area contributed by atoms with E-state index in [2.05, 4.69) is 4.74 Å². The van der Waals surface area contributed by atoms with Crippen molar-refractivity contribution >= 4 is 11.8 Å². The van der Waals surface area contributed by atoms with Gasteiger partial charge in [0.1, 0.15) is 0 Å². The van der Waals surface area contributed by atoms with E-state index in [1.807, 2.05) is 0 Å². The molecule has 1 unspecified atom stereocenters. The molecule has 0 saturated carbocycles. The summed E-state index contributed by atoms with van der Waals surface area (Å²) in [6.07, 6.45) is 0. The number of hydrogen-bond acceptors (Lipinski definition) is 3. The van der Waals surface area contributed by atoms with Crippen molar-refractivity contribution in [1.82, 2.24) is 0 Å². The highest BCUT2D eigenvalue weighted by atomic mass is 16.5. The van der Waals surface area contributed by atoms with E-state index >= 15 is 0 Å². The van der Waals surface area contributed by atoms with Crippen LogP contribution in [0, 0.1) is 5.92 Å². The van der Waals surface area contributed by atoms with Crippen LogP contribution in [0.5, 0.6) is 0 Å². The lowest BCUT2D eigenvalue weighted by molar-refractivity contribution is -0.151. The van der Waals surface area contributed by atoms with Gasteiger partial charge in [-0.25, -0.2) is 4.79 Å². The smallest absolute Gasteiger partial charge is 0.372 e. The summed E-state index contributed by atoms with van der Waals surface area (Å²) in [4.78, 5) is 20.6. The van der Waals surface area contributed by atoms with Gasteiger partial charge >= 0.3 is 5.97 Å². The summed E-state index contributed by atoms with van der Waals surface area (Å²) in [6.45, 7) is 1.67. The van der Waals surface area contributed by atoms with Crippen LogP contribution < -0.4 is 0 Å². The van der Waals surface area contributed by atoms with E-state index in [4.69, 9.17) is 5.11 Å². The van der Waals surface area contributed by atoms with Gasteiger partial charge in [-0.2, -0.15) is 0 Å². The van der Waals surface area contributed by atoms with Crippen LogP contribution in [0.4, 0.5) is 0 Å². The van der Waals surface area contributed by atoms with Crippen LogP contribution in [-0.4, -0.2) is 30.6 Å². The van der Waals surface area contributed by atoms with Gasteiger partial charge in [0.05, 0.1) is 6.61 Å². The molecule has 1 N–H and O–H groups in total. The Bertz CT molecular complexity index is 141. The number of carbonyl (C=O) groups excluding carboxylic acids is 1. The van der Waals surface area contributed by atoms with E-state index in [0.717, 1.165) is 0 Å². The molecule has 0 heterocycles. The number of methoxy groups -OCH3 is 1. The third kappa shape index (κ3) is 2.59. The van der Waals surface area contributed by atoms with E-state index in [0.29, 0.717) is 0 Å². The van der Waals surface area contributed by atoms with Crippen LogP contribution in [0.3, 0.4) is 0 Å². The maximum atomic E-state index is 10.6. The minimum Gasteiger partial charge on any atom is -0.475 e. The van der Waals surface area contributed by atoms with E-state index in [9.17, 15) is 9.59 Å². The number of ether oxygens (including phenoxy) is 1. The molecule has 4 nitrogen and oxygen atoms in total. The average molecular weight is 146 g/mol. The predicted octanol–water partition coefficient (Wildman–Crippen LogP) is -0.0774. The highest BCUT2D eigenvalue weighted by molar-refractivity contribution is 6.33. The molecule has 0 aliphatic rings. The molecule has 0 aliphatic carbocycles. The summed E-state index contributed by atoms with van der Waals surface area (Å²) in [6, 6.07) is 0. The van der Waals surface area contributed by atoms with Crippen molar-refractivity contribution in [2.75, 3.05) is 13.7 Å². The molecule has 0 amide bonds. The maximum absolute atomic E-state index is 10.6. The molecular weight excluding hydrogens is 136 g/mol. The Balaban J connectivity index is 3.82. The lowest BCUT2D eigenvalue weighted by atomic mass is 10.1. The van der Waals surface area contributed by atoms with Crippen LogP contribution in [0.1, 0.15) is 6.92 Å². The van der Waals surface area contributed by atoms with Crippen molar-refractivity contribution in [1.29, 1.82) is 0 Å². The molecule has 0 radical (unpaired) electrons. The monoisotopic (exact) mass is 146 g/mol. The fourth-order valence-electron chi connectivity index (χ4n) is 0.536. The molecule has 0 fully saturated rings. The largest absolute Gasteiger partial charge is 0.475 e. The first-order chi connectivity index (χ1) is 4.59. The van der Waals surface area contributed by atoms with Crippen molar-refractivity contribution in [2.24, 2.45) is 5.92 Å². The summed E-state index contributed by atoms with van der Waals surface area (Å²) in [5.41, 5.74) is 0. The van der Waals surface area contributed by atoms with Crippen molar-refractivity contribution < 1.29 is 19.4 Å². The number of carboxylic acid groups (broad SMARTS) is 1. The quantitative estimate of drug-likeness (QED) is 0.563. The second kappa shape index (κ2) is 4.00. The van der Waals surface area contributed by atoms with Crippen molar-refractivity contribution in [3.8, 4) is 0 Å². The maximum Gasteiger partial charge on any atom is 0.372 e. The van der Waals surface area contributed by atoms with Crippen LogP contribution in [0.2, 0.25) is 0 Å². The van der Waals surface area contributed by atoms with Crippen LogP contribution >= 0.6 is 0 Å². The topological polar surface area (TPSA) is 63.6 Å². The fraction of sp³-hybridized carbons (Fsp3) is 0.667. The Hall–Kier alpha value is -0.900. The van der Waals surface area contributed by atoms with Crippen molar-refractivity contribution in [3.05, 3.63) is 0 Å². The van der Waals surface area contributed by atoms with Gasteiger partial charge in [0.15, 0.2) is 0 Å². The zero-order chi connectivity index (χ0) is 8.15. The second-order valence-corrected chi connectivity index (χ2v) is 2.03. The van der Waals surface area contributed by atoms with E-state index in [-0.39, 0.29) is 6.61 Å². The molecule has 0 aliphatic heterocycles. The Kier molecular flexibility index (Phi) is 3.64. The minimum absolute atomic E-state index is 0.158. The van der Waals surface area contributed by atoms with Crippen LogP contribution in [0.15, 0.2) is 0 Å². The second-order valence-electron chi connectivity index (χ2n) is 2.03. The lowest BCUT2D eigenvalue weighted by Crippen LogP contribution is -2.24. The number of Topliss-reactive ketones (excluding diaryl/α,β-unsaturated/α-hetero) is 1. The Morgan fingerprint density at radius 2 is 2.10 bits per heavy atom. The van der Waals surface area contributed by atoms with Crippen molar-refractivity contribution in [2.45, 2.75) is 6.92 Å². The number of rotatable bonds is 4. The summed E-state index contributed by atoms with van der Waals surface area (Å²) < 4.78 is 4.59. The van der Waals surface area contributed by atoms with Gasteiger partial charge in [0.25, 0.3) is 0 Å². The van der Waals surface area contributed by atoms with E-state index in [1.54, 1.807) is 0 Å². The average Bonchev–Trinajstić information content (AvgIpc) is 1.87. The zero-order valence-corrected chi connectivity index (χ0v) is 5.96. The van der Waals surface area contributed by atoms with E-state index in [1.165, 1.54) is 14.0 Å². The lowest BCUT2D eigenvalue weighted by Gasteiger charge is -2.03. The SMILES string of the molecule is COCC(C)C(=O)C(=O)O. The Morgan fingerprint density at radius 1 is 1.60 bits per heavy atom. The predicted molar refractivity (Wildman–Crippen MR) is 33.7 cm³/mol. The zero-order valence-electron chi connectivity index (χ0n) is 5.96. The third-order valence-electron chi connectivity index (χ3n) is 1.08. The van der Waals surface area contributed by atoms with Gasteiger partial charge in [-0.15, -0.1) is 0 Å². The van der Waals surface area contributed by atoms with Crippen LogP contribution in [-0.2, 0) is 14.3 Å². The van der Waals surface area contributed by atoms with Gasteiger partial charge in [0, 0.05) is 13.0 Å². The van der Waals surface area contributed by atoms with Crippen LogP contribution in [0.25, 0.3) is 0 Å². The molecule has 0 bridgehead atoms. The Morgan fingerprint density at radius 3 is 2.40 bits per heavy atom. The molecule has 0 aromatic carbocycles. The molecule has 0 spiro atoms. The first kappa shape index (κ1) is 9.10. The fourth-order valence-corrected chi connectivity index (χ4v) is 0.536. The van der Waals surface area contributed by atoms with E-state index < -0.39 is 17.7 Å². The summed E-state index contributed by atoms with van der Waals surface area (Å²) in [5.74, 6) is -2.76. The molecule has 10 heavy (non-hydrogen) atoms. The van der Waals surface area contributed by atoms with Gasteiger partial charge in [-0.05, 0) is 0 Å². The highest BCUT2D eigenvalue weighted by Gasteiger charge is 2.19. The standard InChI is InChI=1S/C6H10O4/c1-4(3-10-2)5(7)6(8)9/h4H,3H2,1-2H3,(H,8,9). The molecule has 0 aromatic rings. The molecular formula is C6H10O4. The number of ketones is 1. The molecule has 0 rings (SSSR count). The molecule has 58 valence electrons. The van der Waals surface area contributed by atoms with Gasteiger partial charge in [0.2, 0.25) is 5.78 Å². The normalized spacial score (nSPS) is 12.6. The van der Waals surface area contributed by atoms with Crippen molar-refractivity contribution in [3.63, 3.8) is 0 Å². The van der Waals surface area contributed by atoms with Gasteiger partial charge < -0.3 is 9.84 Å². The first-order valence-corrected chi connectivity index (χ1v) is 2.85. The summed E-state index contributed by atoms with van der Waals surface area (Å²) >= 11 is 0. The minimum atomic E-state index is -1.40. The molecule has 4 heteroatoms. The summed E-state index contributed by atoms with van der Waals surface area (Å²) in [7, 11) is 1.42. The number of carbonyl (C=O) groups is 2. The summed E-state index contributed by atoms with van der Waals surface area (Å²) in [5, 5.41) is 8.17. The Labute approximate surface area is 58.8 Å². The van der Waals surface area contributed by atoms with Gasteiger partial charge in [-0.3, -0.25) is 4.79 Å². The first-order valence-electron chi connectivity index (χ1n) is 2.85. The molecule has 0 aromatic heterocycles. The molecule has 1 atom stereocenters. The molecule has 0 saturated heterocycles. The highest BCUT2D eigenvalue weighted by Crippen LogP contribution is 1.96. The number of hydrogen-bond donors (Lipinski definition) is 1. The number of carboxylic acids is 1. The number of aliphatic carboxylic acids is 1.